The Labute approximate surface area is 144 Å². The van der Waals surface area contributed by atoms with Crippen molar-refractivity contribution < 1.29 is 19.3 Å². The van der Waals surface area contributed by atoms with Gasteiger partial charge >= 0.3 is 0 Å². The van der Waals surface area contributed by atoms with E-state index in [4.69, 9.17) is 14.5 Å². The van der Waals surface area contributed by atoms with Gasteiger partial charge in [-0.05, 0) is 43.9 Å². The van der Waals surface area contributed by atoms with E-state index in [9.17, 15) is 4.79 Å². The molecule has 0 aromatic rings. The molecule has 4 heterocycles. The molecule has 5 heteroatoms. The van der Waals surface area contributed by atoms with Gasteiger partial charge in [-0.2, -0.15) is 0 Å². The Kier molecular flexibility index (Phi) is 3.79. The molecule has 5 fully saturated rings. The van der Waals surface area contributed by atoms with Gasteiger partial charge in [-0.15, -0.1) is 0 Å². The molecule has 24 heavy (non-hydrogen) atoms. The zero-order chi connectivity index (χ0) is 17.3. The van der Waals surface area contributed by atoms with E-state index in [2.05, 4.69) is 27.7 Å². The van der Waals surface area contributed by atoms with Crippen LogP contribution in [-0.4, -0.2) is 35.0 Å². The fourth-order valence-electron chi connectivity index (χ4n) is 5.73. The maximum Gasteiger partial charge on any atom is 0.227 e. The SMILES string of the molecule is CC(C)CN1C(=O)[C@H](C)C2CC[C@@H](C)[C@@H]3CC[C@@]4(C)OO[C@@]23[C@H]1O4. The number of rotatable bonds is 2. The molecular weight excluding hydrogens is 306 g/mol. The van der Waals surface area contributed by atoms with Gasteiger partial charge in [-0.3, -0.25) is 4.79 Å². The molecule has 5 aliphatic rings. The number of ether oxygens (including phenoxy) is 1. The Morgan fingerprint density at radius 2 is 1.92 bits per heavy atom. The van der Waals surface area contributed by atoms with Crippen molar-refractivity contribution in [3.63, 3.8) is 0 Å². The Morgan fingerprint density at radius 1 is 1.17 bits per heavy atom. The van der Waals surface area contributed by atoms with Crippen LogP contribution in [0.1, 0.15) is 60.3 Å². The van der Waals surface area contributed by atoms with Crippen LogP contribution in [0, 0.1) is 29.6 Å². The number of fused-ring (bicyclic) bond motifs is 2. The molecule has 7 atom stereocenters. The van der Waals surface area contributed by atoms with Gasteiger partial charge in [0.2, 0.25) is 11.7 Å². The number of likely N-dealkylation sites (tertiary alicyclic amines) is 1. The third-order valence-electron chi connectivity index (χ3n) is 6.92. The topological polar surface area (TPSA) is 48.0 Å². The van der Waals surface area contributed by atoms with Crippen molar-refractivity contribution in [2.45, 2.75) is 77.9 Å². The molecule has 5 rings (SSSR count). The van der Waals surface area contributed by atoms with Crippen LogP contribution in [0.3, 0.4) is 0 Å². The lowest BCUT2D eigenvalue weighted by Crippen LogP contribution is -2.75. The lowest BCUT2D eigenvalue weighted by atomic mass is 9.57. The molecule has 1 amide bonds. The highest BCUT2D eigenvalue weighted by Gasteiger charge is 2.70. The number of carbonyl (C=O) groups is 1. The minimum absolute atomic E-state index is 0.0374. The van der Waals surface area contributed by atoms with E-state index in [-0.39, 0.29) is 24.0 Å². The molecule has 1 spiro atoms. The largest absolute Gasteiger partial charge is 0.321 e. The molecule has 4 aliphatic heterocycles. The predicted octanol–water partition coefficient (Wildman–Crippen LogP) is 3.34. The van der Waals surface area contributed by atoms with Gasteiger partial charge < -0.3 is 9.64 Å². The summed E-state index contributed by atoms with van der Waals surface area (Å²) in [6.45, 7) is 11.4. The number of amides is 1. The second-order valence-corrected chi connectivity index (χ2v) is 9.10. The number of carbonyl (C=O) groups excluding carboxylic acids is 1. The summed E-state index contributed by atoms with van der Waals surface area (Å²) in [5.41, 5.74) is -0.504. The number of nitrogens with zero attached hydrogens (tertiary/aromatic N) is 1. The molecule has 5 nitrogen and oxygen atoms in total. The highest BCUT2D eigenvalue weighted by Crippen LogP contribution is 2.60. The molecule has 0 aromatic heterocycles. The lowest BCUT2D eigenvalue weighted by molar-refractivity contribution is -0.548. The molecule has 1 saturated carbocycles. The summed E-state index contributed by atoms with van der Waals surface area (Å²) in [7, 11) is 0. The first-order valence-electron chi connectivity index (χ1n) is 9.63. The molecular formula is C19H31NO4. The average molecular weight is 337 g/mol. The summed E-state index contributed by atoms with van der Waals surface area (Å²) in [5.74, 6) is 0.971. The smallest absolute Gasteiger partial charge is 0.227 e. The number of piperidine rings is 1. The van der Waals surface area contributed by atoms with Crippen LogP contribution in [-0.2, 0) is 19.3 Å². The first kappa shape index (κ1) is 16.8. The van der Waals surface area contributed by atoms with Crippen LogP contribution >= 0.6 is 0 Å². The normalized spacial score (nSPS) is 50.8. The van der Waals surface area contributed by atoms with E-state index in [0.717, 1.165) is 25.7 Å². The maximum atomic E-state index is 13.1. The maximum absolute atomic E-state index is 13.1. The first-order valence-corrected chi connectivity index (χ1v) is 9.63. The van der Waals surface area contributed by atoms with Crippen molar-refractivity contribution in [1.29, 1.82) is 0 Å². The van der Waals surface area contributed by atoms with Crippen molar-refractivity contribution >= 4 is 5.91 Å². The Morgan fingerprint density at radius 3 is 2.62 bits per heavy atom. The van der Waals surface area contributed by atoms with Crippen LogP contribution in [0.4, 0.5) is 0 Å². The van der Waals surface area contributed by atoms with Crippen LogP contribution in [0.15, 0.2) is 0 Å². The fraction of sp³-hybridized carbons (Fsp3) is 0.947. The van der Waals surface area contributed by atoms with Crippen molar-refractivity contribution in [2.24, 2.45) is 29.6 Å². The Bertz CT molecular complexity index is 537. The summed E-state index contributed by atoms with van der Waals surface area (Å²) >= 11 is 0. The van der Waals surface area contributed by atoms with Crippen molar-refractivity contribution in [3.05, 3.63) is 0 Å². The van der Waals surface area contributed by atoms with E-state index in [0.29, 0.717) is 24.3 Å². The third-order valence-corrected chi connectivity index (χ3v) is 6.92. The van der Waals surface area contributed by atoms with Gasteiger partial charge in [-0.1, -0.05) is 27.7 Å². The van der Waals surface area contributed by atoms with Crippen molar-refractivity contribution in [3.8, 4) is 0 Å². The van der Waals surface area contributed by atoms with Crippen LogP contribution in [0.25, 0.3) is 0 Å². The van der Waals surface area contributed by atoms with Crippen molar-refractivity contribution in [1.82, 2.24) is 4.90 Å². The molecule has 4 saturated heterocycles. The van der Waals surface area contributed by atoms with Gasteiger partial charge in [0.15, 0.2) is 11.8 Å². The first-order chi connectivity index (χ1) is 11.3. The van der Waals surface area contributed by atoms with Gasteiger partial charge in [0.25, 0.3) is 0 Å². The highest BCUT2D eigenvalue weighted by molar-refractivity contribution is 5.80. The van der Waals surface area contributed by atoms with E-state index >= 15 is 0 Å². The monoisotopic (exact) mass is 337 g/mol. The molecule has 0 radical (unpaired) electrons. The summed E-state index contributed by atoms with van der Waals surface area (Å²) in [6.07, 6.45) is 3.72. The predicted molar refractivity (Wildman–Crippen MR) is 88.5 cm³/mol. The van der Waals surface area contributed by atoms with E-state index in [1.165, 1.54) is 0 Å². The fourth-order valence-corrected chi connectivity index (χ4v) is 5.73. The van der Waals surface area contributed by atoms with Gasteiger partial charge in [0.1, 0.15) is 0 Å². The third kappa shape index (κ3) is 2.14. The molecule has 1 aliphatic carbocycles. The quantitative estimate of drug-likeness (QED) is 0.725. The van der Waals surface area contributed by atoms with E-state index in [1.807, 2.05) is 11.8 Å². The zero-order valence-electron chi connectivity index (χ0n) is 15.6. The molecule has 0 aromatic carbocycles. The molecule has 2 bridgehead atoms. The Hall–Kier alpha value is -0.650. The van der Waals surface area contributed by atoms with Crippen LogP contribution in [0.5, 0.6) is 0 Å². The van der Waals surface area contributed by atoms with Gasteiger partial charge in [-0.25, -0.2) is 9.78 Å². The number of hydrogen-bond acceptors (Lipinski definition) is 4. The molecule has 1 unspecified atom stereocenters. The van der Waals surface area contributed by atoms with Crippen LogP contribution < -0.4 is 0 Å². The highest BCUT2D eigenvalue weighted by atomic mass is 17.3. The van der Waals surface area contributed by atoms with Crippen molar-refractivity contribution in [2.75, 3.05) is 6.54 Å². The second kappa shape index (κ2) is 5.42. The van der Waals surface area contributed by atoms with Gasteiger partial charge in [0, 0.05) is 24.8 Å². The summed E-state index contributed by atoms with van der Waals surface area (Å²) in [4.78, 5) is 27.2. The lowest BCUT2D eigenvalue weighted by Gasteiger charge is -2.62. The summed E-state index contributed by atoms with van der Waals surface area (Å²) in [6, 6.07) is 0. The van der Waals surface area contributed by atoms with Crippen LogP contribution in [0.2, 0.25) is 0 Å². The minimum atomic E-state index is -0.742. The Balaban J connectivity index is 1.83. The van der Waals surface area contributed by atoms with E-state index < -0.39 is 11.4 Å². The number of hydrogen-bond donors (Lipinski definition) is 0. The van der Waals surface area contributed by atoms with Gasteiger partial charge in [0.05, 0.1) is 0 Å². The molecule has 0 N–H and O–H groups in total. The summed E-state index contributed by atoms with van der Waals surface area (Å²) in [5, 5.41) is 0. The van der Waals surface area contributed by atoms with E-state index in [1.54, 1.807) is 0 Å². The zero-order valence-corrected chi connectivity index (χ0v) is 15.6. The standard InChI is InChI=1S/C19H31NO4/c1-11(2)10-20-16(21)13(4)15-7-6-12(3)14-8-9-18(5)22-17(20)19(14,15)24-23-18/h11-15,17H,6-10H2,1-5H3/t12-,13-,14+,15?,17-,18-,19-/m1/s1. The summed E-state index contributed by atoms with van der Waals surface area (Å²) < 4.78 is 6.47. The minimum Gasteiger partial charge on any atom is -0.321 e. The average Bonchev–Trinajstić information content (AvgIpc) is 2.76. The molecule has 136 valence electrons. The second-order valence-electron chi connectivity index (χ2n) is 9.10.